The molecular formula is C13H24S. The van der Waals surface area contributed by atoms with Crippen molar-refractivity contribution in [1.29, 1.82) is 0 Å². The Morgan fingerprint density at radius 3 is 2.43 bits per heavy atom. The molecule has 0 saturated carbocycles. The fourth-order valence-electron chi connectivity index (χ4n) is 1.22. The van der Waals surface area contributed by atoms with E-state index in [2.05, 4.69) is 46.8 Å². The lowest BCUT2D eigenvalue weighted by Gasteiger charge is -2.09. The molecule has 0 amide bonds. The Kier molecular flexibility index (Phi) is 8.07. The maximum absolute atomic E-state index is 2.34. The average molecular weight is 212 g/mol. The first-order valence-corrected chi connectivity index (χ1v) is 6.41. The summed E-state index contributed by atoms with van der Waals surface area (Å²) >= 11 is 1.94. The van der Waals surface area contributed by atoms with Gasteiger partial charge in [0.1, 0.15) is 0 Å². The fraction of sp³-hybridized carbons (Fsp3) is 0.692. The molecule has 0 N–H and O–H groups in total. The summed E-state index contributed by atoms with van der Waals surface area (Å²) in [5.41, 5.74) is 0. The molecule has 14 heavy (non-hydrogen) atoms. The minimum atomic E-state index is 0.757. The van der Waals surface area contributed by atoms with Gasteiger partial charge in [-0.15, -0.1) is 0 Å². The molecule has 0 fully saturated rings. The Labute approximate surface area is 93.9 Å². The monoisotopic (exact) mass is 212 g/mol. The second-order valence-electron chi connectivity index (χ2n) is 4.06. The van der Waals surface area contributed by atoms with Crippen LogP contribution in [0.2, 0.25) is 0 Å². The van der Waals surface area contributed by atoms with Crippen molar-refractivity contribution in [1.82, 2.24) is 0 Å². The number of allylic oxidation sites excluding steroid dienone is 4. The second kappa shape index (κ2) is 8.16. The van der Waals surface area contributed by atoms with E-state index in [1.807, 2.05) is 11.8 Å². The van der Waals surface area contributed by atoms with Crippen LogP contribution >= 0.6 is 11.8 Å². The molecule has 0 nitrogen and oxygen atoms in total. The maximum Gasteiger partial charge on any atom is -0.0146 e. The van der Waals surface area contributed by atoms with Gasteiger partial charge in [-0.1, -0.05) is 51.1 Å². The van der Waals surface area contributed by atoms with Gasteiger partial charge >= 0.3 is 0 Å². The van der Waals surface area contributed by atoms with Crippen molar-refractivity contribution in [2.45, 2.75) is 53.9 Å². The zero-order valence-corrected chi connectivity index (χ0v) is 11.1. The van der Waals surface area contributed by atoms with E-state index in [-0.39, 0.29) is 0 Å². The number of rotatable bonds is 6. The Balaban J connectivity index is 4.06. The molecule has 0 heterocycles. The van der Waals surface area contributed by atoms with Gasteiger partial charge in [-0.3, -0.25) is 0 Å². The van der Waals surface area contributed by atoms with Crippen molar-refractivity contribution < 1.29 is 0 Å². The minimum Gasteiger partial charge on any atom is -0.1000 e. The molecule has 0 rings (SSSR count). The number of hydrogen-bond acceptors (Lipinski definition) is 1. The van der Waals surface area contributed by atoms with Crippen LogP contribution in [0.4, 0.5) is 0 Å². The van der Waals surface area contributed by atoms with E-state index >= 15 is 0 Å². The molecule has 0 atom stereocenters. The van der Waals surface area contributed by atoms with Crippen molar-refractivity contribution >= 4 is 11.8 Å². The molecule has 0 aliphatic heterocycles. The van der Waals surface area contributed by atoms with Gasteiger partial charge in [-0.25, -0.2) is 0 Å². The molecule has 1 heteroatoms. The normalized spacial score (nSPS) is 13.9. The van der Waals surface area contributed by atoms with Crippen molar-refractivity contribution in [2.24, 2.45) is 5.92 Å². The van der Waals surface area contributed by atoms with Crippen LogP contribution in [-0.4, -0.2) is 0 Å². The molecular weight excluding hydrogens is 188 g/mol. The molecule has 0 radical (unpaired) electrons. The number of unbranched alkanes of at least 4 members (excludes halogenated alkanes) is 1. The third-order valence-corrected chi connectivity index (χ3v) is 3.10. The summed E-state index contributed by atoms with van der Waals surface area (Å²) in [4.78, 5) is 2.95. The van der Waals surface area contributed by atoms with Crippen LogP contribution in [0.25, 0.3) is 0 Å². The van der Waals surface area contributed by atoms with Gasteiger partial charge < -0.3 is 0 Å². The second-order valence-corrected chi connectivity index (χ2v) is 5.43. The van der Waals surface area contributed by atoms with E-state index < -0.39 is 0 Å². The average Bonchev–Trinajstić information content (AvgIpc) is 2.12. The standard InChI is InChI=1S/C13H24S/c1-6-8-9-12(5)14-13(7-2)10-11(3)4/h7,9,11H,6,8,10H2,1-5H3. The van der Waals surface area contributed by atoms with Gasteiger partial charge in [0, 0.05) is 0 Å². The van der Waals surface area contributed by atoms with Crippen molar-refractivity contribution in [3.8, 4) is 0 Å². The Morgan fingerprint density at radius 2 is 2.00 bits per heavy atom. The van der Waals surface area contributed by atoms with Gasteiger partial charge in [0.15, 0.2) is 0 Å². The largest absolute Gasteiger partial charge is 0.1000 e. The summed E-state index contributed by atoms with van der Waals surface area (Å²) < 4.78 is 0. The van der Waals surface area contributed by atoms with E-state index in [1.165, 1.54) is 29.1 Å². The van der Waals surface area contributed by atoms with E-state index in [4.69, 9.17) is 0 Å². The van der Waals surface area contributed by atoms with Crippen molar-refractivity contribution in [3.63, 3.8) is 0 Å². The minimum absolute atomic E-state index is 0.757. The molecule has 0 aliphatic rings. The van der Waals surface area contributed by atoms with Gasteiger partial charge in [0.25, 0.3) is 0 Å². The highest BCUT2D eigenvalue weighted by Crippen LogP contribution is 2.30. The first-order valence-electron chi connectivity index (χ1n) is 5.59. The lowest BCUT2D eigenvalue weighted by Crippen LogP contribution is -1.88. The molecule has 0 spiro atoms. The maximum atomic E-state index is 2.34. The van der Waals surface area contributed by atoms with Crippen molar-refractivity contribution in [3.05, 3.63) is 22.0 Å². The lowest BCUT2D eigenvalue weighted by atomic mass is 10.1. The Bertz CT molecular complexity index is 199. The van der Waals surface area contributed by atoms with Gasteiger partial charge in [-0.2, -0.15) is 0 Å². The highest BCUT2D eigenvalue weighted by atomic mass is 32.2. The highest BCUT2D eigenvalue weighted by molar-refractivity contribution is 8.06. The van der Waals surface area contributed by atoms with Gasteiger partial charge in [-0.05, 0) is 42.4 Å². The van der Waals surface area contributed by atoms with Crippen LogP contribution in [0, 0.1) is 5.92 Å². The predicted molar refractivity (Wildman–Crippen MR) is 69.5 cm³/mol. The number of thioether (sulfide) groups is 1. The third kappa shape index (κ3) is 7.25. The van der Waals surface area contributed by atoms with Crippen LogP contribution in [0.3, 0.4) is 0 Å². The zero-order chi connectivity index (χ0) is 11.0. The van der Waals surface area contributed by atoms with E-state index in [0.29, 0.717) is 0 Å². The SMILES string of the molecule is CC=C(CC(C)C)SC(C)=CCCC. The molecule has 0 unspecified atom stereocenters. The van der Waals surface area contributed by atoms with Gasteiger partial charge in [0.2, 0.25) is 0 Å². The summed E-state index contributed by atoms with van der Waals surface area (Å²) in [6.07, 6.45) is 8.24. The third-order valence-electron chi connectivity index (χ3n) is 1.94. The predicted octanol–water partition coefficient (Wildman–Crippen LogP) is 5.37. The Hall–Kier alpha value is -0.170. The van der Waals surface area contributed by atoms with Crippen LogP contribution in [0.1, 0.15) is 53.9 Å². The molecule has 0 aromatic carbocycles. The van der Waals surface area contributed by atoms with Crippen LogP contribution in [0.5, 0.6) is 0 Å². The van der Waals surface area contributed by atoms with Gasteiger partial charge in [0.05, 0.1) is 0 Å². The molecule has 0 saturated heterocycles. The van der Waals surface area contributed by atoms with E-state index in [1.54, 1.807) is 0 Å². The zero-order valence-electron chi connectivity index (χ0n) is 10.3. The van der Waals surface area contributed by atoms with Crippen LogP contribution < -0.4 is 0 Å². The summed E-state index contributed by atoms with van der Waals surface area (Å²) in [6, 6.07) is 0. The quantitative estimate of drug-likeness (QED) is 0.570. The Morgan fingerprint density at radius 1 is 1.36 bits per heavy atom. The first kappa shape index (κ1) is 13.8. The summed E-state index contributed by atoms with van der Waals surface area (Å²) in [5.74, 6) is 0.757. The first-order chi connectivity index (χ1) is 6.60. The summed E-state index contributed by atoms with van der Waals surface area (Å²) in [6.45, 7) is 11.1. The van der Waals surface area contributed by atoms with Crippen LogP contribution in [-0.2, 0) is 0 Å². The lowest BCUT2D eigenvalue weighted by molar-refractivity contribution is 0.658. The molecule has 82 valence electrons. The highest BCUT2D eigenvalue weighted by Gasteiger charge is 2.01. The molecule has 0 aromatic heterocycles. The molecule has 0 bridgehead atoms. The van der Waals surface area contributed by atoms with E-state index in [0.717, 1.165) is 5.92 Å². The van der Waals surface area contributed by atoms with Crippen LogP contribution in [0.15, 0.2) is 22.0 Å². The topological polar surface area (TPSA) is 0 Å². The summed E-state index contributed by atoms with van der Waals surface area (Å²) in [7, 11) is 0. The smallest absolute Gasteiger partial charge is 0.0146 e. The molecule has 0 aliphatic carbocycles. The fourth-order valence-corrected chi connectivity index (χ4v) is 2.37. The number of hydrogen-bond donors (Lipinski definition) is 0. The summed E-state index contributed by atoms with van der Waals surface area (Å²) in [5, 5.41) is 0. The molecule has 0 aromatic rings. The van der Waals surface area contributed by atoms with E-state index in [9.17, 15) is 0 Å². The van der Waals surface area contributed by atoms with Crippen molar-refractivity contribution in [2.75, 3.05) is 0 Å².